The fraction of sp³-hybridized carbons (Fsp3) is 0.471. The van der Waals surface area contributed by atoms with Gasteiger partial charge < -0.3 is 24.2 Å². The second-order valence-corrected chi connectivity index (χ2v) is 5.98. The van der Waals surface area contributed by atoms with Crippen LogP contribution in [0.2, 0.25) is 0 Å². The summed E-state index contributed by atoms with van der Waals surface area (Å²) in [5.41, 5.74) is 2.04. The van der Waals surface area contributed by atoms with E-state index >= 15 is 0 Å². The molecule has 3 rings (SSSR count). The molecule has 1 aliphatic rings. The van der Waals surface area contributed by atoms with Crippen LogP contribution in [0.4, 0.5) is 4.79 Å². The predicted molar refractivity (Wildman–Crippen MR) is 89.9 cm³/mol. The minimum absolute atomic E-state index is 0.0963. The van der Waals surface area contributed by atoms with Gasteiger partial charge in [0.25, 0.3) is 0 Å². The Bertz CT molecular complexity index is 695. The Kier molecular flexibility index (Phi) is 5.62. The lowest BCUT2D eigenvalue weighted by atomic mass is 10.1. The van der Waals surface area contributed by atoms with E-state index in [1.807, 2.05) is 31.2 Å². The molecule has 0 bridgehead atoms. The molecule has 1 saturated heterocycles. The predicted octanol–water partition coefficient (Wildman–Crippen LogP) is 1.60. The van der Waals surface area contributed by atoms with Gasteiger partial charge in [-0.15, -0.1) is 0 Å². The standard InChI is InChI=1S/C17H22N4O4/c1-12-3-5-13(6-4-12)16-19-15(25-20-16)9-18-17(22)21(2)10-14-11-23-7-8-24-14/h3-6,14H,7-11H2,1-2H3,(H,18,22)/t14-/m0/s1. The van der Waals surface area contributed by atoms with Crippen molar-refractivity contribution in [1.82, 2.24) is 20.4 Å². The van der Waals surface area contributed by atoms with Crippen LogP contribution in [0.1, 0.15) is 11.5 Å². The summed E-state index contributed by atoms with van der Waals surface area (Å²) in [5.74, 6) is 0.861. The van der Waals surface area contributed by atoms with Gasteiger partial charge in [-0.1, -0.05) is 35.0 Å². The third-order valence-electron chi connectivity index (χ3n) is 3.88. The Morgan fingerprint density at radius 2 is 2.12 bits per heavy atom. The number of ether oxygens (including phenoxy) is 2. The number of carbonyl (C=O) groups excluding carboxylic acids is 1. The zero-order valence-corrected chi connectivity index (χ0v) is 14.4. The summed E-state index contributed by atoms with van der Waals surface area (Å²) in [4.78, 5) is 18.0. The SMILES string of the molecule is Cc1ccc(-c2noc(CNC(=O)N(C)C[C@H]3COCCO3)n2)cc1. The molecule has 25 heavy (non-hydrogen) atoms. The third kappa shape index (κ3) is 4.77. The zero-order chi connectivity index (χ0) is 17.6. The molecule has 0 aliphatic carbocycles. The first-order chi connectivity index (χ1) is 12.1. The number of aryl methyl sites for hydroxylation is 1. The molecule has 1 atom stereocenters. The van der Waals surface area contributed by atoms with Gasteiger partial charge in [-0.2, -0.15) is 4.98 Å². The fourth-order valence-electron chi connectivity index (χ4n) is 2.46. The second kappa shape index (κ2) is 8.09. The number of aromatic nitrogens is 2. The summed E-state index contributed by atoms with van der Waals surface area (Å²) in [6.07, 6.45) is -0.0963. The number of carbonyl (C=O) groups is 1. The van der Waals surface area contributed by atoms with Crippen molar-refractivity contribution in [3.05, 3.63) is 35.7 Å². The summed E-state index contributed by atoms with van der Waals surface area (Å²) < 4.78 is 16.1. The van der Waals surface area contributed by atoms with E-state index in [0.29, 0.717) is 38.1 Å². The number of nitrogens with zero attached hydrogens (tertiary/aromatic N) is 3. The van der Waals surface area contributed by atoms with Crippen LogP contribution < -0.4 is 5.32 Å². The molecule has 0 spiro atoms. The minimum Gasteiger partial charge on any atom is -0.376 e. The summed E-state index contributed by atoms with van der Waals surface area (Å²) in [5, 5.41) is 6.70. The van der Waals surface area contributed by atoms with Crippen molar-refractivity contribution in [2.24, 2.45) is 0 Å². The van der Waals surface area contributed by atoms with Crippen LogP contribution in [0.15, 0.2) is 28.8 Å². The minimum atomic E-state index is -0.232. The lowest BCUT2D eigenvalue weighted by Gasteiger charge is -2.27. The maximum Gasteiger partial charge on any atom is 0.317 e. The Morgan fingerprint density at radius 1 is 1.32 bits per heavy atom. The molecule has 0 saturated carbocycles. The smallest absolute Gasteiger partial charge is 0.317 e. The van der Waals surface area contributed by atoms with Gasteiger partial charge in [0.05, 0.1) is 39.0 Å². The molecule has 2 aromatic rings. The molecule has 134 valence electrons. The molecule has 8 heteroatoms. The molecule has 0 unspecified atom stereocenters. The first-order valence-electron chi connectivity index (χ1n) is 8.20. The van der Waals surface area contributed by atoms with Gasteiger partial charge in [-0.05, 0) is 6.92 Å². The van der Waals surface area contributed by atoms with E-state index in [0.717, 1.165) is 11.1 Å². The molecule has 8 nitrogen and oxygen atoms in total. The molecule has 2 heterocycles. The second-order valence-electron chi connectivity index (χ2n) is 5.98. The van der Waals surface area contributed by atoms with Crippen molar-refractivity contribution in [3.8, 4) is 11.4 Å². The van der Waals surface area contributed by atoms with E-state index in [9.17, 15) is 4.79 Å². The summed E-state index contributed by atoms with van der Waals surface area (Å²) in [7, 11) is 1.71. The quantitative estimate of drug-likeness (QED) is 0.884. The topological polar surface area (TPSA) is 89.7 Å². The van der Waals surface area contributed by atoms with E-state index in [1.165, 1.54) is 0 Å². The van der Waals surface area contributed by atoms with Gasteiger partial charge >= 0.3 is 6.03 Å². The first-order valence-corrected chi connectivity index (χ1v) is 8.20. The number of hydrogen-bond donors (Lipinski definition) is 1. The van der Waals surface area contributed by atoms with Gasteiger partial charge in [0.1, 0.15) is 0 Å². The average Bonchev–Trinajstić information content (AvgIpc) is 3.10. The highest BCUT2D eigenvalue weighted by Gasteiger charge is 2.19. The van der Waals surface area contributed by atoms with Gasteiger partial charge in [0.2, 0.25) is 11.7 Å². The van der Waals surface area contributed by atoms with Crippen LogP contribution in [0, 0.1) is 6.92 Å². The van der Waals surface area contributed by atoms with Crippen molar-refractivity contribution in [2.45, 2.75) is 19.6 Å². The van der Waals surface area contributed by atoms with Crippen LogP contribution in [0.5, 0.6) is 0 Å². The highest BCUT2D eigenvalue weighted by Crippen LogP contribution is 2.16. The Labute approximate surface area is 146 Å². The van der Waals surface area contributed by atoms with E-state index in [4.69, 9.17) is 14.0 Å². The van der Waals surface area contributed by atoms with Crippen LogP contribution in [-0.2, 0) is 16.0 Å². The van der Waals surface area contributed by atoms with Gasteiger partial charge in [0, 0.05) is 12.6 Å². The van der Waals surface area contributed by atoms with Crippen LogP contribution in [-0.4, -0.2) is 60.6 Å². The molecule has 2 amide bonds. The molecular weight excluding hydrogens is 324 g/mol. The Hall–Kier alpha value is -2.45. The van der Waals surface area contributed by atoms with E-state index in [1.54, 1.807) is 11.9 Å². The van der Waals surface area contributed by atoms with E-state index in [-0.39, 0.29) is 18.7 Å². The summed E-state index contributed by atoms with van der Waals surface area (Å²) >= 11 is 0. The lowest BCUT2D eigenvalue weighted by molar-refractivity contribution is -0.0928. The van der Waals surface area contributed by atoms with Gasteiger partial charge in [-0.25, -0.2) is 4.79 Å². The molecule has 1 aromatic heterocycles. The van der Waals surface area contributed by atoms with Crippen LogP contribution >= 0.6 is 0 Å². The number of nitrogens with one attached hydrogen (secondary N) is 1. The number of amides is 2. The molecule has 1 N–H and O–H groups in total. The van der Waals surface area contributed by atoms with E-state index < -0.39 is 0 Å². The largest absolute Gasteiger partial charge is 0.376 e. The van der Waals surface area contributed by atoms with Crippen molar-refractivity contribution in [1.29, 1.82) is 0 Å². The Morgan fingerprint density at radius 3 is 2.84 bits per heavy atom. The monoisotopic (exact) mass is 346 g/mol. The zero-order valence-electron chi connectivity index (χ0n) is 14.4. The number of rotatable bonds is 5. The van der Waals surface area contributed by atoms with Crippen LogP contribution in [0.25, 0.3) is 11.4 Å². The fourth-order valence-corrected chi connectivity index (χ4v) is 2.46. The van der Waals surface area contributed by atoms with Crippen molar-refractivity contribution < 1.29 is 18.8 Å². The van der Waals surface area contributed by atoms with Crippen molar-refractivity contribution >= 4 is 6.03 Å². The number of benzene rings is 1. The van der Waals surface area contributed by atoms with Crippen molar-refractivity contribution in [2.75, 3.05) is 33.4 Å². The third-order valence-corrected chi connectivity index (χ3v) is 3.88. The highest BCUT2D eigenvalue weighted by molar-refractivity contribution is 5.73. The highest BCUT2D eigenvalue weighted by atomic mass is 16.6. The maximum atomic E-state index is 12.1. The van der Waals surface area contributed by atoms with E-state index in [2.05, 4.69) is 15.5 Å². The number of hydrogen-bond acceptors (Lipinski definition) is 6. The normalized spacial score (nSPS) is 17.3. The molecule has 0 radical (unpaired) electrons. The van der Waals surface area contributed by atoms with Crippen molar-refractivity contribution in [3.63, 3.8) is 0 Å². The molecule has 1 aliphatic heterocycles. The molecule has 1 fully saturated rings. The summed E-state index contributed by atoms with van der Waals surface area (Å²) in [6, 6.07) is 7.60. The maximum absolute atomic E-state index is 12.1. The average molecular weight is 346 g/mol. The lowest BCUT2D eigenvalue weighted by Crippen LogP contribution is -2.44. The van der Waals surface area contributed by atoms with Gasteiger partial charge in [-0.3, -0.25) is 0 Å². The number of likely N-dealkylation sites (N-methyl/N-ethyl adjacent to an activating group) is 1. The summed E-state index contributed by atoms with van der Waals surface area (Å²) in [6.45, 7) is 4.31. The molecular formula is C17H22N4O4. The Balaban J connectivity index is 1.49. The first kappa shape index (κ1) is 17.4. The van der Waals surface area contributed by atoms with Gasteiger partial charge in [0.15, 0.2) is 0 Å². The molecule has 1 aromatic carbocycles. The van der Waals surface area contributed by atoms with Crippen LogP contribution in [0.3, 0.4) is 0 Å². The number of urea groups is 1.